The summed E-state index contributed by atoms with van der Waals surface area (Å²) in [5.41, 5.74) is 5.47. The van der Waals surface area contributed by atoms with Crippen molar-refractivity contribution in [3.8, 4) is 5.75 Å². The third kappa shape index (κ3) is 6.05. The van der Waals surface area contributed by atoms with Gasteiger partial charge in [-0.15, -0.1) is 11.8 Å². The number of ether oxygens (including phenoxy) is 1. The van der Waals surface area contributed by atoms with Gasteiger partial charge in [0.05, 0.1) is 23.3 Å². The van der Waals surface area contributed by atoms with Crippen molar-refractivity contribution in [3.63, 3.8) is 0 Å². The molecule has 0 saturated carbocycles. The molecule has 0 aliphatic heterocycles. The largest absolute Gasteiger partial charge is 0.495 e. The number of thioether (sulfide) groups is 1. The number of sulfonamides is 1. The molecule has 0 bridgehead atoms. The molecule has 0 heterocycles. The number of hydrogen-bond donors (Lipinski definition) is 3. The number of nitrogens with one attached hydrogen (secondary N) is 3. The van der Waals surface area contributed by atoms with E-state index in [2.05, 4.69) is 15.6 Å². The lowest BCUT2D eigenvalue weighted by molar-refractivity contribution is 0.0845. The van der Waals surface area contributed by atoms with E-state index in [1.807, 2.05) is 19.1 Å². The van der Waals surface area contributed by atoms with Crippen LogP contribution in [0.15, 0.2) is 82.6 Å². The Labute approximate surface area is 196 Å². The molecule has 0 aromatic heterocycles. The van der Waals surface area contributed by atoms with Crippen molar-refractivity contribution in [2.75, 3.05) is 17.6 Å². The minimum atomic E-state index is -3.99. The van der Waals surface area contributed by atoms with Crippen LogP contribution in [-0.2, 0) is 10.0 Å². The fourth-order valence-electron chi connectivity index (χ4n) is 2.93. The summed E-state index contributed by atoms with van der Waals surface area (Å²) in [7, 11) is -2.55. The number of benzene rings is 3. The molecule has 172 valence electrons. The minimum Gasteiger partial charge on any atom is -0.495 e. The van der Waals surface area contributed by atoms with E-state index in [0.29, 0.717) is 11.3 Å². The van der Waals surface area contributed by atoms with E-state index in [-0.39, 0.29) is 16.1 Å². The normalized spacial score (nSPS) is 10.8. The fraction of sp³-hybridized carbons (Fsp3) is 0.130. The van der Waals surface area contributed by atoms with Crippen LogP contribution in [0.1, 0.15) is 27.6 Å². The van der Waals surface area contributed by atoms with Crippen molar-refractivity contribution >= 4 is 39.3 Å². The summed E-state index contributed by atoms with van der Waals surface area (Å²) in [4.78, 5) is 25.8. The van der Waals surface area contributed by atoms with Gasteiger partial charge in [-0.1, -0.05) is 37.3 Å². The van der Waals surface area contributed by atoms with E-state index >= 15 is 0 Å². The van der Waals surface area contributed by atoms with E-state index in [4.69, 9.17) is 4.74 Å². The number of carbonyl (C=O) groups excluding carboxylic acids is 2. The summed E-state index contributed by atoms with van der Waals surface area (Å²) < 4.78 is 33.3. The van der Waals surface area contributed by atoms with Crippen LogP contribution < -0.4 is 20.3 Å². The molecular weight excluding hydrogens is 462 g/mol. The van der Waals surface area contributed by atoms with Crippen LogP contribution in [-0.4, -0.2) is 33.1 Å². The number of methoxy groups -OCH3 is 1. The molecule has 10 heteroatoms. The average molecular weight is 486 g/mol. The Balaban J connectivity index is 1.72. The highest BCUT2D eigenvalue weighted by Gasteiger charge is 2.19. The quantitative estimate of drug-likeness (QED) is 0.331. The zero-order valence-electron chi connectivity index (χ0n) is 18.0. The number of amides is 2. The third-order valence-electron chi connectivity index (χ3n) is 4.48. The molecule has 3 N–H and O–H groups in total. The number of carbonyl (C=O) groups is 2. The summed E-state index contributed by atoms with van der Waals surface area (Å²) in [5.74, 6) is 0.0277. The number of para-hydroxylation sites is 2. The van der Waals surface area contributed by atoms with E-state index in [1.54, 1.807) is 36.4 Å². The molecule has 0 aliphatic carbocycles. The van der Waals surface area contributed by atoms with Crippen LogP contribution in [0.5, 0.6) is 5.75 Å². The van der Waals surface area contributed by atoms with Crippen molar-refractivity contribution in [1.82, 2.24) is 10.9 Å². The van der Waals surface area contributed by atoms with Gasteiger partial charge in [-0.2, -0.15) is 0 Å². The molecular formula is C23H23N3O5S2. The molecule has 0 radical (unpaired) electrons. The van der Waals surface area contributed by atoms with Crippen LogP contribution in [0.3, 0.4) is 0 Å². The highest BCUT2D eigenvalue weighted by Crippen LogP contribution is 2.26. The molecule has 3 aromatic rings. The van der Waals surface area contributed by atoms with Gasteiger partial charge in [-0.25, -0.2) is 8.42 Å². The first-order valence-corrected chi connectivity index (χ1v) is 12.4. The Kier molecular flexibility index (Phi) is 7.96. The van der Waals surface area contributed by atoms with E-state index < -0.39 is 21.8 Å². The molecule has 2 amide bonds. The lowest BCUT2D eigenvalue weighted by atomic mass is 10.2. The second kappa shape index (κ2) is 10.9. The third-order valence-corrected chi connectivity index (χ3v) is 6.80. The Morgan fingerprint density at radius 1 is 0.909 bits per heavy atom. The Bertz CT molecular complexity index is 1260. The molecule has 0 saturated heterocycles. The van der Waals surface area contributed by atoms with Crippen molar-refractivity contribution in [2.45, 2.75) is 16.7 Å². The standard InChI is InChI=1S/C23H23N3O5S2/c1-3-32-21-14-7-4-11-18(21)23(28)25-24-22(27)16-9-8-10-17(15-16)33(29,30)26-19-12-5-6-13-20(19)31-2/h4-15,26H,3H2,1-2H3,(H,24,27)(H,25,28). The molecule has 3 rings (SSSR count). The lowest BCUT2D eigenvalue weighted by Crippen LogP contribution is -2.41. The smallest absolute Gasteiger partial charge is 0.270 e. The van der Waals surface area contributed by atoms with Crippen molar-refractivity contribution < 1.29 is 22.7 Å². The predicted octanol–water partition coefficient (Wildman–Crippen LogP) is 3.68. The summed E-state index contributed by atoms with van der Waals surface area (Å²) in [6.45, 7) is 1.98. The van der Waals surface area contributed by atoms with Gasteiger partial charge in [-0.05, 0) is 48.2 Å². The Morgan fingerprint density at radius 3 is 2.36 bits per heavy atom. The van der Waals surface area contributed by atoms with Gasteiger partial charge in [0.25, 0.3) is 21.8 Å². The fourth-order valence-corrected chi connectivity index (χ4v) is 4.84. The SMILES string of the molecule is CCSc1ccccc1C(=O)NNC(=O)c1cccc(S(=O)(=O)Nc2ccccc2OC)c1. The number of rotatable bonds is 8. The molecule has 0 unspecified atom stereocenters. The maximum absolute atomic E-state index is 12.8. The molecule has 0 fully saturated rings. The van der Waals surface area contributed by atoms with E-state index in [9.17, 15) is 18.0 Å². The highest BCUT2D eigenvalue weighted by molar-refractivity contribution is 7.99. The van der Waals surface area contributed by atoms with E-state index in [0.717, 1.165) is 10.6 Å². The molecule has 33 heavy (non-hydrogen) atoms. The summed E-state index contributed by atoms with van der Waals surface area (Å²) in [6.07, 6.45) is 0. The minimum absolute atomic E-state index is 0.0643. The van der Waals surface area contributed by atoms with Crippen molar-refractivity contribution in [2.24, 2.45) is 0 Å². The van der Waals surface area contributed by atoms with Gasteiger partial charge in [0.15, 0.2) is 0 Å². The monoisotopic (exact) mass is 485 g/mol. The average Bonchev–Trinajstić information content (AvgIpc) is 2.83. The Morgan fingerprint density at radius 2 is 1.61 bits per heavy atom. The lowest BCUT2D eigenvalue weighted by Gasteiger charge is -2.13. The molecule has 0 aliphatic rings. The van der Waals surface area contributed by atoms with Gasteiger partial charge in [0, 0.05) is 10.5 Å². The second-order valence-electron chi connectivity index (χ2n) is 6.67. The van der Waals surface area contributed by atoms with Gasteiger partial charge < -0.3 is 4.74 Å². The van der Waals surface area contributed by atoms with Crippen LogP contribution >= 0.6 is 11.8 Å². The molecule has 0 spiro atoms. The van der Waals surface area contributed by atoms with E-state index in [1.165, 1.54) is 43.1 Å². The number of hydrogen-bond acceptors (Lipinski definition) is 6. The summed E-state index contributed by atoms with van der Waals surface area (Å²) in [6, 6.07) is 19.1. The predicted molar refractivity (Wildman–Crippen MR) is 128 cm³/mol. The van der Waals surface area contributed by atoms with Crippen LogP contribution in [0.4, 0.5) is 5.69 Å². The zero-order chi connectivity index (χ0) is 23.8. The van der Waals surface area contributed by atoms with Crippen molar-refractivity contribution in [1.29, 1.82) is 0 Å². The van der Waals surface area contributed by atoms with Gasteiger partial charge in [-0.3, -0.25) is 25.2 Å². The number of anilines is 1. The molecule has 0 atom stereocenters. The number of hydrazine groups is 1. The maximum Gasteiger partial charge on any atom is 0.270 e. The highest BCUT2D eigenvalue weighted by atomic mass is 32.2. The molecule has 8 nitrogen and oxygen atoms in total. The van der Waals surface area contributed by atoms with Crippen LogP contribution in [0, 0.1) is 0 Å². The zero-order valence-corrected chi connectivity index (χ0v) is 19.6. The maximum atomic E-state index is 12.8. The van der Waals surface area contributed by atoms with Gasteiger partial charge in [0.2, 0.25) is 0 Å². The second-order valence-corrected chi connectivity index (χ2v) is 9.66. The first-order valence-electron chi connectivity index (χ1n) is 9.94. The van der Waals surface area contributed by atoms with Crippen LogP contribution in [0.25, 0.3) is 0 Å². The topological polar surface area (TPSA) is 114 Å². The van der Waals surface area contributed by atoms with Gasteiger partial charge >= 0.3 is 0 Å². The summed E-state index contributed by atoms with van der Waals surface area (Å²) in [5, 5.41) is 0. The summed E-state index contributed by atoms with van der Waals surface area (Å²) >= 11 is 1.51. The first kappa shape index (κ1) is 24.1. The van der Waals surface area contributed by atoms with Crippen LogP contribution in [0.2, 0.25) is 0 Å². The first-order chi connectivity index (χ1) is 15.9. The molecule has 3 aromatic carbocycles. The Hall–Kier alpha value is -3.50. The van der Waals surface area contributed by atoms with Gasteiger partial charge in [0.1, 0.15) is 5.75 Å². The van der Waals surface area contributed by atoms with Crippen molar-refractivity contribution in [3.05, 3.63) is 83.9 Å².